The van der Waals surface area contributed by atoms with Crippen LogP contribution < -0.4 is 5.32 Å². The second-order valence-electron chi connectivity index (χ2n) is 6.23. The highest BCUT2D eigenvalue weighted by Gasteiger charge is 2.67. The molecule has 0 radical (unpaired) electrons. The summed E-state index contributed by atoms with van der Waals surface area (Å²) in [6.45, 7) is 0. The number of Topliss-reactive ketones (excluding diaryl/α,β-unsaturated/α-hetero) is 1. The van der Waals surface area contributed by atoms with Gasteiger partial charge in [-0.2, -0.15) is 18.4 Å². The highest BCUT2D eigenvalue weighted by Crippen LogP contribution is 2.50. The van der Waals surface area contributed by atoms with Crippen LogP contribution in [0.4, 0.5) is 13.2 Å². The van der Waals surface area contributed by atoms with Gasteiger partial charge in [-0.15, -0.1) is 11.3 Å². The molecule has 0 amide bonds. The molecule has 1 aliphatic heterocycles. The fraction of sp³-hybridized carbons (Fsp3) is 0.278. The second kappa shape index (κ2) is 7.44. The third-order valence-electron chi connectivity index (χ3n) is 4.65. The summed E-state index contributed by atoms with van der Waals surface area (Å²) in [4.78, 5) is 12.6. The van der Waals surface area contributed by atoms with Crippen molar-refractivity contribution in [3.05, 3.63) is 57.2 Å². The predicted octanol–water partition coefficient (Wildman–Crippen LogP) is 4.31. The highest BCUT2D eigenvalue weighted by atomic mass is 35.5. The Morgan fingerprint density at radius 1 is 1.32 bits per heavy atom. The van der Waals surface area contributed by atoms with Gasteiger partial charge < -0.3 is 10.4 Å². The third-order valence-corrected chi connectivity index (χ3v) is 6.23. The Morgan fingerprint density at radius 3 is 2.54 bits per heavy atom. The lowest BCUT2D eigenvalue weighted by atomic mass is 9.67. The van der Waals surface area contributed by atoms with Crippen LogP contribution in [-0.4, -0.2) is 27.8 Å². The lowest BCUT2D eigenvalue weighted by Crippen LogP contribution is -2.70. The number of carbonyl (C=O) groups excluding carboxylic acids is 1. The Labute approximate surface area is 172 Å². The van der Waals surface area contributed by atoms with E-state index >= 15 is 0 Å². The van der Waals surface area contributed by atoms with Crippen LogP contribution in [0.2, 0.25) is 5.02 Å². The van der Waals surface area contributed by atoms with Gasteiger partial charge in [-0.3, -0.25) is 4.79 Å². The van der Waals surface area contributed by atoms with Crippen molar-refractivity contribution in [2.75, 3.05) is 0 Å². The summed E-state index contributed by atoms with van der Waals surface area (Å²) in [6, 6.07) is 10.7. The first kappa shape index (κ1) is 20.7. The maximum Gasteiger partial charge on any atom is 0.437 e. The number of thiophene rings is 1. The van der Waals surface area contributed by atoms with Crippen LogP contribution in [0, 0.1) is 23.2 Å². The SMILES string of the molecule is N#CC1C(=S)NC(O)(C(F)(F)F)C(C(=O)c2cccs2)C1c1ccccc1Cl. The highest BCUT2D eigenvalue weighted by molar-refractivity contribution is 7.80. The Kier molecular flexibility index (Phi) is 5.51. The Bertz CT molecular complexity index is 958. The zero-order valence-corrected chi connectivity index (χ0v) is 16.3. The molecule has 2 heterocycles. The molecule has 28 heavy (non-hydrogen) atoms. The lowest BCUT2D eigenvalue weighted by Gasteiger charge is -2.47. The van der Waals surface area contributed by atoms with E-state index in [0.29, 0.717) is 0 Å². The van der Waals surface area contributed by atoms with E-state index in [0.717, 1.165) is 11.3 Å². The predicted molar refractivity (Wildman–Crippen MR) is 102 cm³/mol. The van der Waals surface area contributed by atoms with Crippen molar-refractivity contribution in [3.8, 4) is 6.07 Å². The van der Waals surface area contributed by atoms with Crippen LogP contribution in [0.1, 0.15) is 21.2 Å². The van der Waals surface area contributed by atoms with Gasteiger partial charge >= 0.3 is 6.18 Å². The second-order valence-corrected chi connectivity index (χ2v) is 8.02. The van der Waals surface area contributed by atoms with E-state index in [-0.39, 0.29) is 15.5 Å². The summed E-state index contributed by atoms with van der Waals surface area (Å²) in [6.07, 6.45) is -5.24. The molecule has 4 unspecified atom stereocenters. The standard InChI is InChI=1S/C18H12ClF3N2O2S2/c19-11-5-2-1-4-9(11)13-10(8-23)16(27)24-17(26,18(20,21)22)14(13)15(25)12-6-3-7-28-12/h1-7,10,13-14,26H,(H,24,27). The normalized spacial score (nSPS) is 27.7. The molecule has 1 aromatic carbocycles. The molecular formula is C18H12ClF3N2O2S2. The molecule has 4 nitrogen and oxygen atoms in total. The number of thiocarbonyl (C=S) groups is 1. The van der Waals surface area contributed by atoms with Crippen LogP contribution in [-0.2, 0) is 0 Å². The number of nitrogens with one attached hydrogen (secondary N) is 1. The van der Waals surface area contributed by atoms with Crippen LogP contribution in [0.25, 0.3) is 0 Å². The van der Waals surface area contributed by atoms with Crippen molar-refractivity contribution in [2.24, 2.45) is 11.8 Å². The summed E-state index contributed by atoms with van der Waals surface area (Å²) < 4.78 is 41.8. The van der Waals surface area contributed by atoms with Gasteiger partial charge in [-0.25, -0.2) is 0 Å². The molecule has 3 rings (SSSR count). The van der Waals surface area contributed by atoms with E-state index in [1.807, 2.05) is 11.4 Å². The Hall–Kier alpha value is -1.99. The molecule has 146 valence electrons. The van der Waals surface area contributed by atoms with Crippen LogP contribution in [0.3, 0.4) is 0 Å². The summed E-state index contributed by atoms with van der Waals surface area (Å²) >= 11 is 12.1. The molecule has 1 aromatic heterocycles. The van der Waals surface area contributed by atoms with Gasteiger partial charge in [0.15, 0.2) is 5.78 Å². The average molecular weight is 445 g/mol. The number of ketones is 1. The number of piperidine rings is 1. The molecule has 0 bridgehead atoms. The smallest absolute Gasteiger partial charge is 0.363 e. The first-order valence-electron chi connectivity index (χ1n) is 7.94. The third kappa shape index (κ3) is 3.31. The molecule has 0 aliphatic carbocycles. The van der Waals surface area contributed by atoms with Crippen molar-refractivity contribution in [3.63, 3.8) is 0 Å². The number of rotatable bonds is 3. The number of hydrogen-bond donors (Lipinski definition) is 2. The first-order chi connectivity index (χ1) is 13.1. The fourth-order valence-corrected chi connectivity index (χ4v) is 4.69. The molecule has 0 saturated carbocycles. The number of halogens is 4. The molecule has 1 aliphatic rings. The summed E-state index contributed by atoms with van der Waals surface area (Å²) in [7, 11) is 0. The molecular weight excluding hydrogens is 433 g/mol. The van der Waals surface area contributed by atoms with Gasteiger partial charge in [-0.1, -0.05) is 48.1 Å². The largest absolute Gasteiger partial charge is 0.437 e. The van der Waals surface area contributed by atoms with E-state index in [2.05, 4.69) is 0 Å². The molecule has 4 atom stereocenters. The quantitative estimate of drug-likeness (QED) is 0.545. The number of carbonyl (C=O) groups is 1. The van der Waals surface area contributed by atoms with Crippen molar-refractivity contribution in [1.82, 2.24) is 5.32 Å². The minimum Gasteiger partial charge on any atom is -0.363 e. The topological polar surface area (TPSA) is 73.1 Å². The number of alkyl halides is 3. The molecule has 2 aromatic rings. The van der Waals surface area contributed by atoms with Gasteiger partial charge in [0, 0.05) is 10.9 Å². The van der Waals surface area contributed by atoms with E-state index in [1.165, 1.54) is 35.7 Å². The fourth-order valence-electron chi connectivity index (χ4n) is 3.37. The van der Waals surface area contributed by atoms with E-state index in [9.17, 15) is 28.3 Å². The van der Waals surface area contributed by atoms with Gasteiger partial charge in [0.05, 0.1) is 21.9 Å². The van der Waals surface area contributed by atoms with Crippen LogP contribution in [0.15, 0.2) is 41.8 Å². The Balaban J connectivity index is 2.29. The molecule has 2 N–H and O–H groups in total. The van der Waals surface area contributed by atoms with E-state index in [4.69, 9.17) is 23.8 Å². The number of aliphatic hydroxyl groups is 1. The van der Waals surface area contributed by atoms with E-state index < -0.39 is 40.4 Å². The molecule has 0 spiro atoms. The van der Waals surface area contributed by atoms with Gasteiger partial charge in [0.25, 0.3) is 0 Å². The molecule has 10 heteroatoms. The number of nitriles is 1. The summed E-state index contributed by atoms with van der Waals surface area (Å²) in [5.74, 6) is -5.70. The van der Waals surface area contributed by atoms with E-state index in [1.54, 1.807) is 6.07 Å². The van der Waals surface area contributed by atoms with Gasteiger partial charge in [0.1, 0.15) is 5.92 Å². The van der Waals surface area contributed by atoms with Crippen molar-refractivity contribution < 1.29 is 23.1 Å². The number of benzene rings is 1. The first-order valence-corrected chi connectivity index (χ1v) is 9.61. The van der Waals surface area contributed by atoms with Crippen LogP contribution >= 0.6 is 35.2 Å². The zero-order chi connectivity index (χ0) is 20.7. The lowest BCUT2D eigenvalue weighted by molar-refractivity contribution is -0.285. The van der Waals surface area contributed by atoms with Gasteiger partial charge in [0.2, 0.25) is 5.72 Å². The molecule has 1 fully saturated rings. The zero-order valence-electron chi connectivity index (χ0n) is 13.9. The summed E-state index contributed by atoms with van der Waals surface area (Å²) in [5.41, 5.74) is -3.51. The molecule has 1 saturated heterocycles. The van der Waals surface area contributed by atoms with Crippen molar-refractivity contribution >= 4 is 45.9 Å². The number of hydrogen-bond acceptors (Lipinski definition) is 5. The van der Waals surface area contributed by atoms with Gasteiger partial charge in [-0.05, 0) is 23.1 Å². The van der Waals surface area contributed by atoms with Crippen LogP contribution in [0.5, 0.6) is 0 Å². The number of nitrogens with zero attached hydrogens (tertiary/aromatic N) is 1. The maximum absolute atomic E-state index is 13.9. The maximum atomic E-state index is 13.9. The van der Waals surface area contributed by atoms with Crippen molar-refractivity contribution in [1.29, 1.82) is 5.26 Å². The minimum absolute atomic E-state index is 0.0241. The van der Waals surface area contributed by atoms with Crippen molar-refractivity contribution in [2.45, 2.75) is 17.8 Å². The minimum atomic E-state index is -5.24. The average Bonchev–Trinajstić information content (AvgIpc) is 3.15. The Morgan fingerprint density at radius 2 is 2.00 bits per heavy atom. The monoisotopic (exact) mass is 444 g/mol. The summed E-state index contributed by atoms with van der Waals surface area (Å²) in [5, 5.41) is 23.7.